The summed E-state index contributed by atoms with van der Waals surface area (Å²) in [7, 11) is 0. The van der Waals surface area contributed by atoms with Gasteiger partial charge in [-0.3, -0.25) is 9.67 Å². The summed E-state index contributed by atoms with van der Waals surface area (Å²) in [6, 6.07) is 6.88. The van der Waals surface area contributed by atoms with Crippen LogP contribution < -0.4 is 10.2 Å². The van der Waals surface area contributed by atoms with E-state index in [0.29, 0.717) is 79.8 Å². The van der Waals surface area contributed by atoms with Crippen LogP contribution in [-0.2, 0) is 10.9 Å². The third-order valence-electron chi connectivity index (χ3n) is 7.33. The first-order chi connectivity index (χ1) is 18.3. The van der Waals surface area contributed by atoms with Crippen molar-refractivity contribution in [3.8, 4) is 22.5 Å². The first-order valence-corrected chi connectivity index (χ1v) is 12.8. The first kappa shape index (κ1) is 24.8. The Morgan fingerprint density at radius 2 is 1.97 bits per heavy atom. The molecule has 200 valence electrons. The van der Waals surface area contributed by atoms with Gasteiger partial charge < -0.3 is 15.0 Å². The molecule has 38 heavy (non-hydrogen) atoms. The summed E-state index contributed by atoms with van der Waals surface area (Å²) in [4.78, 5) is 11.4. The Morgan fingerprint density at radius 1 is 1.16 bits per heavy atom. The molecule has 6 heterocycles. The lowest BCUT2D eigenvalue weighted by atomic mass is 10.0. The van der Waals surface area contributed by atoms with Crippen LogP contribution in [-0.4, -0.2) is 68.3 Å². The van der Waals surface area contributed by atoms with Crippen LogP contribution in [0.1, 0.15) is 37.2 Å². The number of aryl methyl sites for hydroxylation is 1. The zero-order valence-electron chi connectivity index (χ0n) is 21.2. The smallest absolute Gasteiger partial charge is 0.377 e. The quantitative estimate of drug-likeness (QED) is 0.428. The zero-order valence-corrected chi connectivity index (χ0v) is 21.2. The van der Waals surface area contributed by atoms with E-state index >= 15 is 0 Å². The average molecular weight is 527 g/mol. The standard InChI is InChI=1S/C26H29F3N8O/c1-16-15-38-12-11-35(16)22-13-21(37-25(33-22)19(14-32-37)20-5-3-4-8-31-20)23-17(2)34-36(24(23)26(27,28)29)18-6-9-30-10-7-18/h3-5,8,13-14,16,18,30H,6-7,9-12,15H2,1-2H3. The van der Waals surface area contributed by atoms with Crippen molar-refractivity contribution in [1.82, 2.24) is 34.7 Å². The lowest BCUT2D eigenvalue weighted by Crippen LogP contribution is -2.44. The van der Waals surface area contributed by atoms with Crippen LogP contribution in [0, 0.1) is 6.92 Å². The maximum atomic E-state index is 14.8. The molecule has 1 unspecified atom stereocenters. The molecule has 0 bridgehead atoms. The Labute approximate surface area is 217 Å². The molecule has 12 heteroatoms. The van der Waals surface area contributed by atoms with Gasteiger partial charge in [0.2, 0.25) is 0 Å². The molecule has 6 rings (SSSR count). The van der Waals surface area contributed by atoms with Crippen LogP contribution in [0.5, 0.6) is 0 Å². The van der Waals surface area contributed by atoms with Crippen molar-refractivity contribution in [3.63, 3.8) is 0 Å². The van der Waals surface area contributed by atoms with E-state index < -0.39 is 11.9 Å². The van der Waals surface area contributed by atoms with E-state index in [0.717, 1.165) is 0 Å². The van der Waals surface area contributed by atoms with E-state index in [1.807, 2.05) is 25.1 Å². The summed E-state index contributed by atoms with van der Waals surface area (Å²) in [5.41, 5.74) is 1.62. The van der Waals surface area contributed by atoms with Crippen LogP contribution in [0.15, 0.2) is 36.7 Å². The van der Waals surface area contributed by atoms with Gasteiger partial charge in [-0.05, 0) is 51.9 Å². The fourth-order valence-corrected chi connectivity index (χ4v) is 5.49. The second-order valence-electron chi connectivity index (χ2n) is 9.86. The molecule has 0 aliphatic carbocycles. The molecule has 0 amide bonds. The number of aromatic nitrogens is 6. The summed E-state index contributed by atoms with van der Waals surface area (Å²) in [5, 5.41) is 12.2. The van der Waals surface area contributed by atoms with Gasteiger partial charge in [0.25, 0.3) is 0 Å². The molecule has 0 saturated carbocycles. The average Bonchev–Trinajstić information content (AvgIpc) is 3.51. The van der Waals surface area contributed by atoms with Crippen LogP contribution >= 0.6 is 0 Å². The molecule has 2 aliphatic heterocycles. The predicted octanol–water partition coefficient (Wildman–Crippen LogP) is 4.13. The minimum atomic E-state index is -4.61. The Hall–Kier alpha value is -3.51. The van der Waals surface area contributed by atoms with Gasteiger partial charge in [0.15, 0.2) is 11.3 Å². The number of halogens is 3. The molecule has 2 aliphatic rings. The number of hydrogen-bond acceptors (Lipinski definition) is 7. The monoisotopic (exact) mass is 526 g/mol. The molecule has 9 nitrogen and oxygen atoms in total. The summed E-state index contributed by atoms with van der Waals surface area (Å²) < 4.78 is 52.7. The normalized spacial score (nSPS) is 19.4. The molecule has 2 fully saturated rings. The molecular weight excluding hydrogens is 497 g/mol. The number of ether oxygens (including phenoxy) is 1. The summed E-state index contributed by atoms with van der Waals surface area (Å²) in [5.74, 6) is 0.572. The molecule has 0 radical (unpaired) electrons. The van der Waals surface area contributed by atoms with Crippen molar-refractivity contribution in [1.29, 1.82) is 0 Å². The first-order valence-electron chi connectivity index (χ1n) is 12.8. The maximum absolute atomic E-state index is 14.8. The molecule has 0 spiro atoms. The van der Waals surface area contributed by atoms with E-state index in [4.69, 9.17) is 9.72 Å². The van der Waals surface area contributed by atoms with Gasteiger partial charge in [-0.1, -0.05) is 6.07 Å². The van der Waals surface area contributed by atoms with Crippen LogP contribution in [0.25, 0.3) is 28.2 Å². The van der Waals surface area contributed by atoms with E-state index in [9.17, 15) is 13.2 Å². The van der Waals surface area contributed by atoms with E-state index in [1.54, 1.807) is 25.4 Å². The topological polar surface area (TPSA) is 85.4 Å². The number of alkyl halides is 3. The van der Waals surface area contributed by atoms with Crippen molar-refractivity contribution >= 4 is 11.5 Å². The van der Waals surface area contributed by atoms with Crippen LogP contribution in [0.2, 0.25) is 0 Å². The number of anilines is 1. The number of pyridine rings is 1. The van der Waals surface area contributed by atoms with Crippen molar-refractivity contribution < 1.29 is 17.9 Å². The van der Waals surface area contributed by atoms with Crippen LogP contribution in [0.4, 0.5) is 19.0 Å². The molecule has 4 aromatic rings. The fraction of sp³-hybridized carbons (Fsp3) is 0.462. The number of hydrogen-bond donors (Lipinski definition) is 1. The SMILES string of the molecule is Cc1nn(C2CCNCC2)c(C(F)(F)F)c1-c1cc(N2CCOCC2C)nc2c(-c3ccccn3)cnn12. The number of nitrogens with zero attached hydrogens (tertiary/aromatic N) is 7. The lowest BCUT2D eigenvalue weighted by Gasteiger charge is -2.34. The summed E-state index contributed by atoms with van der Waals surface area (Å²) in [6.07, 6.45) is -0.168. The highest BCUT2D eigenvalue weighted by molar-refractivity contribution is 5.80. The molecule has 1 N–H and O–H groups in total. The third-order valence-corrected chi connectivity index (χ3v) is 7.33. The van der Waals surface area contributed by atoms with E-state index in [2.05, 4.69) is 25.4 Å². The highest BCUT2D eigenvalue weighted by Gasteiger charge is 2.42. The molecule has 4 aromatic heterocycles. The minimum absolute atomic E-state index is 0.00779. The highest BCUT2D eigenvalue weighted by atomic mass is 19.4. The number of rotatable bonds is 4. The number of nitrogens with one attached hydrogen (secondary N) is 1. The second kappa shape index (κ2) is 9.66. The largest absolute Gasteiger partial charge is 0.433 e. The van der Waals surface area contributed by atoms with E-state index in [1.165, 1.54) is 9.20 Å². The number of fused-ring (bicyclic) bond motifs is 1. The van der Waals surface area contributed by atoms with Crippen molar-refractivity contribution in [2.75, 3.05) is 37.7 Å². The number of morpholine rings is 1. The van der Waals surface area contributed by atoms with Gasteiger partial charge in [-0.25, -0.2) is 9.50 Å². The van der Waals surface area contributed by atoms with Gasteiger partial charge >= 0.3 is 6.18 Å². The summed E-state index contributed by atoms with van der Waals surface area (Å²) >= 11 is 0. The molecule has 1 atom stereocenters. The third kappa shape index (κ3) is 4.31. The van der Waals surface area contributed by atoms with Gasteiger partial charge in [-0.2, -0.15) is 23.4 Å². The highest BCUT2D eigenvalue weighted by Crippen LogP contribution is 2.42. The predicted molar refractivity (Wildman–Crippen MR) is 136 cm³/mol. The van der Waals surface area contributed by atoms with Crippen LogP contribution in [0.3, 0.4) is 0 Å². The lowest BCUT2D eigenvalue weighted by molar-refractivity contribution is -0.144. The Balaban J connectivity index is 1.62. The summed E-state index contributed by atoms with van der Waals surface area (Å²) in [6.45, 7) is 6.56. The second-order valence-corrected chi connectivity index (χ2v) is 9.86. The maximum Gasteiger partial charge on any atom is 0.433 e. The molecule has 2 saturated heterocycles. The van der Waals surface area contributed by atoms with Gasteiger partial charge in [-0.15, -0.1) is 0 Å². The molecular formula is C26H29F3N8O. The minimum Gasteiger partial charge on any atom is -0.377 e. The number of piperidine rings is 1. The van der Waals surface area contributed by atoms with E-state index in [-0.39, 0.29) is 17.6 Å². The molecule has 0 aromatic carbocycles. The Bertz CT molecular complexity index is 1440. The zero-order chi connectivity index (χ0) is 26.4. The fourth-order valence-electron chi connectivity index (χ4n) is 5.49. The Morgan fingerprint density at radius 3 is 2.68 bits per heavy atom. The van der Waals surface area contributed by atoms with Crippen molar-refractivity contribution in [2.45, 2.75) is 44.9 Å². The Kier molecular flexibility index (Phi) is 6.31. The van der Waals surface area contributed by atoms with Gasteiger partial charge in [0.1, 0.15) is 5.82 Å². The van der Waals surface area contributed by atoms with Gasteiger partial charge in [0.05, 0.1) is 59.7 Å². The van der Waals surface area contributed by atoms with Gasteiger partial charge in [0, 0.05) is 18.8 Å². The van der Waals surface area contributed by atoms with Crippen molar-refractivity contribution in [3.05, 3.63) is 48.0 Å². The van der Waals surface area contributed by atoms with Crippen molar-refractivity contribution in [2.24, 2.45) is 0 Å².